The van der Waals surface area contributed by atoms with E-state index in [9.17, 15) is 9.59 Å². The van der Waals surface area contributed by atoms with Gasteiger partial charge in [0, 0.05) is 5.69 Å². The zero-order valence-corrected chi connectivity index (χ0v) is 13.7. The predicted molar refractivity (Wildman–Crippen MR) is 93.0 cm³/mol. The third-order valence-corrected chi connectivity index (χ3v) is 4.23. The van der Waals surface area contributed by atoms with Gasteiger partial charge in [0.1, 0.15) is 5.75 Å². The van der Waals surface area contributed by atoms with Gasteiger partial charge in [-0.15, -0.1) is 0 Å². The van der Waals surface area contributed by atoms with Gasteiger partial charge in [-0.2, -0.15) is 0 Å². The monoisotopic (exact) mass is 324 g/mol. The fourth-order valence-electron chi connectivity index (χ4n) is 2.69. The lowest BCUT2D eigenvalue weighted by molar-refractivity contribution is -0.122. The number of hydrogen-bond donors (Lipinski definition) is 2. The van der Waals surface area contributed by atoms with E-state index in [1.807, 2.05) is 43.3 Å². The van der Waals surface area contributed by atoms with Crippen molar-refractivity contribution in [3.8, 4) is 5.75 Å². The largest absolute Gasteiger partial charge is 0.495 e. The molecule has 0 aromatic heterocycles. The molecule has 0 heterocycles. The number of carbonyl (C=O) groups is 2. The minimum Gasteiger partial charge on any atom is -0.495 e. The smallest absolute Gasteiger partial charge is 0.228 e. The van der Waals surface area contributed by atoms with E-state index >= 15 is 0 Å². The molecule has 1 aliphatic carbocycles. The van der Waals surface area contributed by atoms with Crippen LogP contribution in [0.4, 0.5) is 11.4 Å². The molecular formula is C19H20N2O3. The highest BCUT2D eigenvalue weighted by atomic mass is 16.5. The van der Waals surface area contributed by atoms with Crippen LogP contribution < -0.4 is 15.4 Å². The molecule has 0 bridgehead atoms. The van der Waals surface area contributed by atoms with Gasteiger partial charge in [-0.1, -0.05) is 30.3 Å². The SMILES string of the molecule is COc1ccccc1NC(=O)C1CC1C(=O)Nc1ccccc1C. The topological polar surface area (TPSA) is 67.4 Å². The molecule has 0 radical (unpaired) electrons. The fourth-order valence-corrected chi connectivity index (χ4v) is 2.69. The van der Waals surface area contributed by atoms with E-state index in [1.54, 1.807) is 19.2 Å². The van der Waals surface area contributed by atoms with E-state index in [-0.39, 0.29) is 23.7 Å². The minimum absolute atomic E-state index is 0.107. The molecule has 5 nitrogen and oxygen atoms in total. The Labute approximate surface area is 141 Å². The summed E-state index contributed by atoms with van der Waals surface area (Å²) in [7, 11) is 1.56. The molecule has 24 heavy (non-hydrogen) atoms. The van der Waals surface area contributed by atoms with Crippen molar-refractivity contribution in [2.24, 2.45) is 11.8 Å². The van der Waals surface area contributed by atoms with Crippen molar-refractivity contribution in [1.82, 2.24) is 0 Å². The van der Waals surface area contributed by atoms with Crippen molar-refractivity contribution in [3.05, 3.63) is 54.1 Å². The van der Waals surface area contributed by atoms with E-state index in [2.05, 4.69) is 10.6 Å². The molecule has 2 unspecified atom stereocenters. The molecule has 2 N–H and O–H groups in total. The Morgan fingerprint density at radius 3 is 2.08 bits per heavy atom. The second kappa shape index (κ2) is 6.74. The van der Waals surface area contributed by atoms with E-state index in [1.165, 1.54) is 0 Å². The molecule has 0 spiro atoms. The highest BCUT2D eigenvalue weighted by Crippen LogP contribution is 2.41. The van der Waals surface area contributed by atoms with Crippen LogP contribution in [0.1, 0.15) is 12.0 Å². The van der Waals surface area contributed by atoms with Crippen LogP contribution in [-0.4, -0.2) is 18.9 Å². The number of benzene rings is 2. The van der Waals surface area contributed by atoms with Gasteiger partial charge in [0.2, 0.25) is 11.8 Å². The molecule has 0 saturated heterocycles. The lowest BCUT2D eigenvalue weighted by Gasteiger charge is -2.10. The summed E-state index contributed by atoms with van der Waals surface area (Å²) >= 11 is 0. The van der Waals surface area contributed by atoms with Gasteiger partial charge in [0.15, 0.2) is 0 Å². The molecule has 2 atom stereocenters. The highest BCUT2D eigenvalue weighted by Gasteiger charge is 2.48. The van der Waals surface area contributed by atoms with E-state index in [0.717, 1.165) is 11.3 Å². The first-order chi connectivity index (χ1) is 11.6. The number of carbonyl (C=O) groups excluding carboxylic acids is 2. The number of anilines is 2. The van der Waals surface area contributed by atoms with Gasteiger partial charge in [-0.25, -0.2) is 0 Å². The number of ether oxygens (including phenoxy) is 1. The molecule has 1 aliphatic rings. The average molecular weight is 324 g/mol. The van der Waals surface area contributed by atoms with Gasteiger partial charge in [-0.3, -0.25) is 9.59 Å². The molecular weight excluding hydrogens is 304 g/mol. The maximum absolute atomic E-state index is 12.3. The Bertz CT molecular complexity index is 773. The van der Waals surface area contributed by atoms with Crippen molar-refractivity contribution < 1.29 is 14.3 Å². The number of nitrogens with one attached hydrogen (secondary N) is 2. The summed E-state index contributed by atoms with van der Waals surface area (Å²) in [5, 5.41) is 5.74. The summed E-state index contributed by atoms with van der Waals surface area (Å²) < 4.78 is 5.22. The zero-order chi connectivity index (χ0) is 17.1. The quantitative estimate of drug-likeness (QED) is 0.887. The maximum Gasteiger partial charge on any atom is 0.228 e. The van der Waals surface area contributed by atoms with Crippen molar-refractivity contribution in [3.63, 3.8) is 0 Å². The van der Waals surface area contributed by atoms with Crippen LogP contribution in [0.2, 0.25) is 0 Å². The second-order valence-electron chi connectivity index (χ2n) is 5.94. The zero-order valence-electron chi connectivity index (χ0n) is 13.7. The predicted octanol–water partition coefficient (Wildman–Crippen LogP) is 3.22. The molecule has 0 aliphatic heterocycles. The lowest BCUT2D eigenvalue weighted by atomic mass is 10.2. The number of rotatable bonds is 5. The summed E-state index contributed by atoms with van der Waals surface area (Å²) in [5.41, 5.74) is 2.41. The number of hydrogen-bond acceptors (Lipinski definition) is 3. The molecule has 2 amide bonds. The first-order valence-electron chi connectivity index (χ1n) is 7.90. The molecule has 3 rings (SSSR count). The average Bonchev–Trinajstić information content (AvgIpc) is 3.38. The summed E-state index contributed by atoms with van der Waals surface area (Å²) in [6.45, 7) is 1.94. The summed E-state index contributed by atoms with van der Waals surface area (Å²) in [5.74, 6) is -0.223. The molecule has 124 valence electrons. The molecule has 2 aromatic rings. The normalized spacial score (nSPS) is 18.6. The van der Waals surface area contributed by atoms with Gasteiger partial charge in [-0.05, 0) is 37.1 Å². The first-order valence-corrected chi connectivity index (χ1v) is 7.90. The van der Waals surface area contributed by atoms with Gasteiger partial charge >= 0.3 is 0 Å². The van der Waals surface area contributed by atoms with Crippen LogP contribution in [0.3, 0.4) is 0 Å². The lowest BCUT2D eigenvalue weighted by Crippen LogP contribution is -2.21. The standard InChI is InChI=1S/C19H20N2O3/c1-12-7-3-4-8-15(12)20-18(22)13-11-14(13)19(23)21-16-9-5-6-10-17(16)24-2/h3-10,13-14H,11H2,1-2H3,(H,20,22)(H,21,23). The molecule has 1 saturated carbocycles. The number of methoxy groups -OCH3 is 1. The Morgan fingerprint density at radius 2 is 1.46 bits per heavy atom. The molecule has 1 fully saturated rings. The van der Waals surface area contributed by atoms with Crippen molar-refractivity contribution in [2.75, 3.05) is 17.7 Å². The van der Waals surface area contributed by atoms with Crippen LogP contribution in [0.5, 0.6) is 5.75 Å². The Hall–Kier alpha value is -2.82. The van der Waals surface area contributed by atoms with Crippen LogP contribution >= 0.6 is 0 Å². The molecule has 2 aromatic carbocycles. The van der Waals surface area contributed by atoms with Crippen molar-refractivity contribution in [1.29, 1.82) is 0 Å². The fraction of sp³-hybridized carbons (Fsp3) is 0.263. The number of para-hydroxylation sites is 3. The summed E-state index contributed by atoms with van der Waals surface area (Å²) in [4.78, 5) is 24.6. The number of aryl methyl sites for hydroxylation is 1. The summed E-state index contributed by atoms with van der Waals surface area (Å²) in [6, 6.07) is 14.8. The Morgan fingerprint density at radius 1 is 0.917 bits per heavy atom. The summed E-state index contributed by atoms with van der Waals surface area (Å²) in [6.07, 6.45) is 0.568. The van der Waals surface area contributed by atoms with Gasteiger partial charge in [0.25, 0.3) is 0 Å². The highest BCUT2D eigenvalue weighted by molar-refractivity contribution is 6.03. The van der Waals surface area contributed by atoms with Crippen LogP contribution in [0.25, 0.3) is 0 Å². The third-order valence-electron chi connectivity index (χ3n) is 4.23. The minimum atomic E-state index is -0.293. The van der Waals surface area contributed by atoms with Gasteiger partial charge in [0.05, 0.1) is 24.6 Å². The van der Waals surface area contributed by atoms with Crippen LogP contribution in [0, 0.1) is 18.8 Å². The van der Waals surface area contributed by atoms with Gasteiger partial charge < -0.3 is 15.4 Å². The third kappa shape index (κ3) is 3.40. The van der Waals surface area contributed by atoms with E-state index < -0.39 is 0 Å². The Balaban J connectivity index is 1.59. The molecule has 5 heteroatoms. The second-order valence-corrected chi connectivity index (χ2v) is 5.94. The number of amides is 2. The first kappa shape index (κ1) is 16.1. The maximum atomic E-state index is 12.3. The van der Waals surface area contributed by atoms with E-state index in [4.69, 9.17) is 4.74 Å². The Kier molecular flexibility index (Phi) is 4.51. The van der Waals surface area contributed by atoms with Crippen LogP contribution in [-0.2, 0) is 9.59 Å². The van der Waals surface area contributed by atoms with E-state index in [0.29, 0.717) is 17.9 Å². The van der Waals surface area contributed by atoms with Crippen molar-refractivity contribution in [2.45, 2.75) is 13.3 Å². The van der Waals surface area contributed by atoms with Crippen LogP contribution in [0.15, 0.2) is 48.5 Å². The van der Waals surface area contributed by atoms with Crippen molar-refractivity contribution >= 4 is 23.2 Å².